The van der Waals surface area contributed by atoms with Gasteiger partial charge in [-0.1, -0.05) is 27.7 Å². The van der Waals surface area contributed by atoms with Crippen molar-refractivity contribution in [2.75, 3.05) is 5.32 Å². The van der Waals surface area contributed by atoms with Gasteiger partial charge in [-0.15, -0.1) is 0 Å². The smallest absolute Gasteiger partial charge is 0.335 e. The Morgan fingerprint density at radius 2 is 1.78 bits per heavy atom. The summed E-state index contributed by atoms with van der Waals surface area (Å²) < 4.78 is 0. The van der Waals surface area contributed by atoms with Gasteiger partial charge in [0.2, 0.25) is 0 Å². The van der Waals surface area contributed by atoms with Gasteiger partial charge in [-0.25, -0.2) is 4.79 Å². The van der Waals surface area contributed by atoms with Crippen LogP contribution in [-0.2, 0) is 0 Å². The summed E-state index contributed by atoms with van der Waals surface area (Å²) in [5.74, 6) is -0.869. The van der Waals surface area contributed by atoms with Crippen molar-refractivity contribution in [3.05, 3.63) is 29.3 Å². The molecule has 2 rings (SSSR count). The van der Waals surface area contributed by atoms with Gasteiger partial charge in [0.1, 0.15) is 0 Å². The minimum atomic E-state index is -0.869. The SMILES string of the molecule is Cc1cc(NC2C(C)(C)C2(C)C)ccc1C(=O)O. The molecule has 0 heterocycles. The maximum atomic E-state index is 11.0. The van der Waals surface area contributed by atoms with Gasteiger partial charge in [0.15, 0.2) is 0 Å². The Morgan fingerprint density at radius 1 is 1.22 bits per heavy atom. The number of hydrogen-bond donors (Lipinski definition) is 2. The number of carbonyl (C=O) groups is 1. The largest absolute Gasteiger partial charge is 0.478 e. The number of rotatable bonds is 3. The van der Waals surface area contributed by atoms with Gasteiger partial charge in [-0.2, -0.15) is 0 Å². The van der Waals surface area contributed by atoms with Gasteiger partial charge in [0.05, 0.1) is 5.56 Å². The molecule has 0 bridgehead atoms. The van der Waals surface area contributed by atoms with Gasteiger partial charge in [-0.05, 0) is 41.5 Å². The van der Waals surface area contributed by atoms with Crippen LogP contribution in [0.25, 0.3) is 0 Å². The Bertz CT molecular complexity index is 489. The summed E-state index contributed by atoms with van der Waals surface area (Å²) in [4.78, 5) is 11.0. The first-order chi connectivity index (χ1) is 8.18. The highest BCUT2D eigenvalue weighted by atomic mass is 16.4. The van der Waals surface area contributed by atoms with Gasteiger partial charge < -0.3 is 10.4 Å². The Labute approximate surface area is 108 Å². The molecule has 3 heteroatoms. The Morgan fingerprint density at radius 3 is 2.17 bits per heavy atom. The molecule has 0 saturated heterocycles. The van der Waals surface area contributed by atoms with Gasteiger partial charge in [0.25, 0.3) is 0 Å². The number of aromatic carboxylic acids is 1. The fourth-order valence-electron chi connectivity index (χ4n) is 2.72. The second-order valence-corrected chi connectivity index (χ2v) is 6.36. The average Bonchev–Trinajstić information content (AvgIpc) is 2.60. The lowest BCUT2D eigenvalue weighted by molar-refractivity contribution is 0.0696. The molecule has 1 saturated carbocycles. The van der Waals surface area contributed by atoms with Crippen molar-refractivity contribution >= 4 is 11.7 Å². The lowest BCUT2D eigenvalue weighted by Gasteiger charge is -2.10. The molecule has 0 unspecified atom stereocenters. The van der Waals surface area contributed by atoms with Crippen LogP contribution in [0.5, 0.6) is 0 Å². The summed E-state index contributed by atoms with van der Waals surface area (Å²) in [5.41, 5.74) is 2.71. The highest BCUT2D eigenvalue weighted by Crippen LogP contribution is 2.63. The van der Waals surface area contributed by atoms with Crippen LogP contribution in [-0.4, -0.2) is 17.1 Å². The molecule has 1 aromatic rings. The third-order valence-electron chi connectivity index (χ3n) is 4.79. The molecule has 18 heavy (non-hydrogen) atoms. The second kappa shape index (κ2) is 3.74. The quantitative estimate of drug-likeness (QED) is 0.859. The minimum Gasteiger partial charge on any atom is -0.478 e. The van der Waals surface area contributed by atoms with E-state index < -0.39 is 5.97 Å². The van der Waals surface area contributed by atoms with Crippen LogP contribution >= 0.6 is 0 Å². The molecule has 98 valence electrons. The molecule has 1 aromatic carbocycles. The van der Waals surface area contributed by atoms with E-state index in [2.05, 4.69) is 33.0 Å². The molecule has 3 nitrogen and oxygen atoms in total. The summed E-state index contributed by atoms with van der Waals surface area (Å²) in [6, 6.07) is 5.86. The van der Waals surface area contributed by atoms with E-state index in [1.54, 1.807) is 6.07 Å². The van der Waals surface area contributed by atoms with E-state index >= 15 is 0 Å². The maximum absolute atomic E-state index is 11.0. The van der Waals surface area contributed by atoms with Gasteiger partial charge in [0, 0.05) is 11.7 Å². The molecular formula is C15H21NO2. The van der Waals surface area contributed by atoms with E-state index in [0.717, 1.165) is 11.3 Å². The first kappa shape index (κ1) is 12.9. The topological polar surface area (TPSA) is 49.3 Å². The molecule has 0 spiro atoms. The van der Waals surface area contributed by atoms with Crippen LogP contribution in [0.15, 0.2) is 18.2 Å². The van der Waals surface area contributed by atoms with Crippen molar-refractivity contribution in [3.63, 3.8) is 0 Å². The molecular weight excluding hydrogens is 226 g/mol. The van der Waals surface area contributed by atoms with Crippen molar-refractivity contribution in [1.82, 2.24) is 0 Å². The highest BCUT2D eigenvalue weighted by molar-refractivity contribution is 5.89. The second-order valence-electron chi connectivity index (χ2n) is 6.36. The van der Waals surface area contributed by atoms with Crippen LogP contribution in [0, 0.1) is 17.8 Å². The summed E-state index contributed by atoms with van der Waals surface area (Å²) >= 11 is 0. The van der Waals surface area contributed by atoms with Gasteiger partial charge >= 0.3 is 5.97 Å². The number of nitrogens with one attached hydrogen (secondary N) is 1. The number of anilines is 1. The van der Waals surface area contributed by atoms with E-state index in [1.807, 2.05) is 19.1 Å². The molecule has 2 N–H and O–H groups in total. The fourth-order valence-corrected chi connectivity index (χ4v) is 2.72. The summed E-state index contributed by atoms with van der Waals surface area (Å²) in [5, 5.41) is 12.5. The van der Waals surface area contributed by atoms with Crippen LogP contribution in [0.2, 0.25) is 0 Å². The molecule has 0 amide bonds. The Kier molecular flexibility index (Phi) is 2.69. The zero-order valence-corrected chi connectivity index (χ0v) is 11.7. The van der Waals surface area contributed by atoms with Crippen LogP contribution in [0.1, 0.15) is 43.6 Å². The molecule has 0 aromatic heterocycles. The fraction of sp³-hybridized carbons (Fsp3) is 0.533. The van der Waals surface area contributed by atoms with Crippen molar-refractivity contribution < 1.29 is 9.90 Å². The summed E-state index contributed by atoms with van der Waals surface area (Å²) in [7, 11) is 0. The van der Waals surface area contributed by atoms with Crippen molar-refractivity contribution in [1.29, 1.82) is 0 Å². The van der Waals surface area contributed by atoms with Crippen molar-refractivity contribution in [3.8, 4) is 0 Å². The number of carboxylic acid groups (broad SMARTS) is 1. The van der Waals surface area contributed by atoms with Crippen molar-refractivity contribution in [2.24, 2.45) is 10.8 Å². The first-order valence-electron chi connectivity index (χ1n) is 6.28. The Hall–Kier alpha value is -1.51. The van der Waals surface area contributed by atoms with Crippen molar-refractivity contribution in [2.45, 2.75) is 40.7 Å². The summed E-state index contributed by atoms with van der Waals surface area (Å²) in [6.07, 6.45) is 0. The molecule has 1 aliphatic carbocycles. The Balaban J connectivity index is 2.18. The number of aryl methyl sites for hydroxylation is 1. The number of carboxylic acids is 1. The highest BCUT2D eigenvalue weighted by Gasteiger charge is 2.64. The third-order valence-corrected chi connectivity index (χ3v) is 4.79. The van der Waals surface area contributed by atoms with Crippen LogP contribution in [0.4, 0.5) is 5.69 Å². The predicted molar refractivity (Wildman–Crippen MR) is 73.1 cm³/mol. The lowest BCUT2D eigenvalue weighted by atomic mass is 10.0. The monoisotopic (exact) mass is 247 g/mol. The number of benzene rings is 1. The van der Waals surface area contributed by atoms with E-state index in [0.29, 0.717) is 11.6 Å². The van der Waals surface area contributed by atoms with Gasteiger partial charge in [-0.3, -0.25) is 0 Å². The molecule has 0 atom stereocenters. The van der Waals surface area contributed by atoms with E-state index in [-0.39, 0.29) is 10.8 Å². The molecule has 1 fully saturated rings. The van der Waals surface area contributed by atoms with E-state index in [9.17, 15) is 4.79 Å². The third kappa shape index (κ3) is 1.78. The molecule has 0 aliphatic heterocycles. The standard InChI is InChI=1S/C15H21NO2/c1-9-8-10(6-7-11(9)12(17)18)16-13-14(2,3)15(13,4)5/h6-8,13,16H,1-5H3,(H,17,18). The zero-order chi connectivity index (χ0) is 13.7. The summed E-state index contributed by atoms with van der Waals surface area (Å²) in [6.45, 7) is 10.8. The van der Waals surface area contributed by atoms with Crippen LogP contribution < -0.4 is 5.32 Å². The first-order valence-corrected chi connectivity index (χ1v) is 6.28. The minimum absolute atomic E-state index is 0.270. The van der Waals surface area contributed by atoms with E-state index in [1.165, 1.54) is 0 Å². The maximum Gasteiger partial charge on any atom is 0.335 e. The average molecular weight is 247 g/mol. The van der Waals surface area contributed by atoms with Crippen LogP contribution in [0.3, 0.4) is 0 Å². The normalized spacial score (nSPS) is 20.5. The van der Waals surface area contributed by atoms with E-state index in [4.69, 9.17) is 5.11 Å². The predicted octanol–water partition coefficient (Wildman–Crippen LogP) is 3.54. The lowest BCUT2D eigenvalue weighted by Crippen LogP contribution is -2.10. The molecule has 0 radical (unpaired) electrons. The zero-order valence-electron chi connectivity index (χ0n) is 11.7. The molecule has 1 aliphatic rings. The number of hydrogen-bond acceptors (Lipinski definition) is 2.